The summed E-state index contributed by atoms with van der Waals surface area (Å²) in [5.74, 6) is 1.82. The summed E-state index contributed by atoms with van der Waals surface area (Å²) in [6.45, 7) is 4.80. The first-order chi connectivity index (χ1) is 15.5. The van der Waals surface area contributed by atoms with E-state index in [2.05, 4.69) is 40.2 Å². The van der Waals surface area contributed by atoms with E-state index in [1.807, 2.05) is 24.2 Å². The molecule has 0 saturated heterocycles. The fourth-order valence-electron chi connectivity index (χ4n) is 4.49. The number of nitrogens with one attached hydrogen (secondary N) is 1. The number of amides is 1. The highest BCUT2D eigenvalue weighted by molar-refractivity contribution is 7.19. The zero-order valence-electron chi connectivity index (χ0n) is 18.8. The van der Waals surface area contributed by atoms with Crippen LogP contribution in [-0.2, 0) is 24.2 Å². The molecule has 1 aliphatic carbocycles. The van der Waals surface area contributed by atoms with Gasteiger partial charge >= 0.3 is 0 Å². The molecule has 0 bridgehead atoms. The lowest BCUT2D eigenvalue weighted by molar-refractivity contribution is -0.136. The molecule has 0 saturated carbocycles. The first-order valence-corrected chi connectivity index (χ1v) is 11.8. The minimum absolute atomic E-state index is 0.0309. The zero-order valence-corrected chi connectivity index (χ0v) is 19.6. The SMILES string of the molecule is COc1cc2c(cc1Nc1ncnc3sc4c(c13)CC[C@H](C(=O)N(C)C(C)C)C4)C=NC2. The quantitative estimate of drug-likeness (QED) is 0.627. The Morgan fingerprint density at radius 1 is 1.31 bits per heavy atom. The fourth-order valence-corrected chi connectivity index (χ4v) is 5.76. The first-order valence-electron chi connectivity index (χ1n) is 11.0. The predicted molar refractivity (Wildman–Crippen MR) is 128 cm³/mol. The van der Waals surface area contributed by atoms with Crippen LogP contribution in [0.25, 0.3) is 10.2 Å². The molecule has 0 spiro atoms. The van der Waals surface area contributed by atoms with Gasteiger partial charge in [0.1, 0.15) is 22.7 Å². The molecule has 3 aromatic rings. The molecule has 2 aromatic heterocycles. The van der Waals surface area contributed by atoms with Crippen LogP contribution in [0.1, 0.15) is 41.8 Å². The number of thiophene rings is 1. The third-order valence-corrected chi connectivity index (χ3v) is 7.69. The van der Waals surface area contributed by atoms with E-state index in [0.717, 1.165) is 57.9 Å². The summed E-state index contributed by atoms with van der Waals surface area (Å²) in [6, 6.07) is 4.31. The number of benzene rings is 1. The Balaban J connectivity index is 1.49. The molecule has 1 amide bonds. The van der Waals surface area contributed by atoms with Gasteiger partial charge in [0.15, 0.2) is 0 Å². The second kappa shape index (κ2) is 8.16. The maximum absolute atomic E-state index is 12.9. The van der Waals surface area contributed by atoms with Crippen molar-refractivity contribution in [3.63, 3.8) is 0 Å². The number of methoxy groups -OCH3 is 1. The molecule has 2 aliphatic rings. The third-order valence-electron chi connectivity index (χ3n) is 6.52. The van der Waals surface area contributed by atoms with E-state index in [1.165, 1.54) is 10.4 Å². The van der Waals surface area contributed by atoms with Gasteiger partial charge in [-0.15, -0.1) is 11.3 Å². The monoisotopic (exact) mass is 449 g/mol. The molecule has 7 nitrogen and oxygen atoms in total. The summed E-state index contributed by atoms with van der Waals surface area (Å²) in [6.07, 6.45) is 5.97. The van der Waals surface area contributed by atoms with Gasteiger partial charge in [0.05, 0.1) is 24.7 Å². The number of carbonyl (C=O) groups is 1. The van der Waals surface area contributed by atoms with E-state index < -0.39 is 0 Å². The Morgan fingerprint density at radius 2 is 2.16 bits per heavy atom. The molecule has 8 heteroatoms. The Labute approximate surface area is 191 Å². The van der Waals surface area contributed by atoms with E-state index in [1.54, 1.807) is 24.8 Å². The molecule has 3 heterocycles. The number of hydrogen-bond acceptors (Lipinski definition) is 7. The van der Waals surface area contributed by atoms with E-state index in [-0.39, 0.29) is 17.9 Å². The van der Waals surface area contributed by atoms with Crippen LogP contribution < -0.4 is 10.1 Å². The number of aliphatic imine (C=N–C) groups is 1. The van der Waals surface area contributed by atoms with Gasteiger partial charge in [-0.3, -0.25) is 9.79 Å². The number of aryl methyl sites for hydroxylation is 1. The first kappa shape index (κ1) is 20.9. The molecule has 1 aliphatic heterocycles. The second-order valence-electron chi connectivity index (χ2n) is 8.73. The number of rotatable bonds is 5. The van der Waals surface area contributed by atoms with Gasteiger partial charge in [0, 0.05) is 30.1 Å². The Morgan fingerprint density at radius 3 is 2.94 bits per heavy atom. The predicted octanol–water partition coefficient (Wildman–Crippen LogP) is 4.35. The van der Waals surface area contributed by atoms with Crippen molar-refractivity contribution in [1.82, 2.24) is 14.9 Å². The lowest BCUT2D eigenvalue weighted by atomic mass is 9.86. The van der Waals surface area contributed by atoms with Gasteiger partial charge in [0.2, 0.25) is 5.91 Å². The van der Waals surface area contributed by atoms with Crippen molar-refractivity contribution in [2.24, 2.45) is 10.9 Å². The third kappa shape index (κ3) is 3.52. The molecular weight excluding hydrogens is 422 g/mol. The van der Waals surface area contributed by atoms with Gasteiger partial charge in [-0.2, -0.15) is 0 Å². The normalized spacial score (nSPS) is 16.8. The maximum Gasteiger partial charge on any atom is 0.226 e. The van der Waals surface area contributed by atoms with Crippen LogP contribution in [0.4, 0.5) is 11.5 Å². The number of anilines is 2. The Kier molecular flexibility index (Phi) is 5.33. The highest BCUT2D eigenvalue weighted by atomic mass is 32.1. The lowest BCUT2D eigenvalue weighted by Gasteiger charge is -2.29. The summed E-state index contributed by atoms with van der Waals surface area (Å²) >= 11 is 1.68. The molecule has 32 heavy (non-hydrogen) atoms. The van der Waals surface area contributed by atoms with E-state index >= 15 is 0 Å². The van der Waals surface area contributed by atoms with Gasteiger partial charge < -0.3 is 15.0 Å². The van der Waals surface area contributed by atoms with Crippen LogP contribution in [0.2, 0.25) is 0 Å². The minimum atomic E-state index is 0.0309. The van der Waals surface area contributed by atoms with Gasteiger partial charge in [-0.1, -0.05) is 0 Å². The van der Waals surface area contributed by atoms with Crippen LogP contribution in [0, 0.1) is 5.92 Å². The smallest absolute Gasteiger partial charge is 0.226 e. The van der Waals surface area contributed by atoms with E-state index in [4.69, 9.17) is 4.74 Å². The summed E-state index contributed by atoms with van der Waals surface area (Å²) in [5.41, 5.74) is 4.39. The molecule has 1 aromatic carbocycles. The number of ether oxygens (including phenoxy) is 1. The molecular formula is C24H27N5O2S. The van der Waals surface area contributed by atoms with Crippen molar-refractivity contribution in [3.8, 4) is 5.75 Å². The van der Waals surface area contributed by atoms with Crippen LogP contribution in [0.15, 0.2) is 23.5 Å². The highest BCUT2D eigenvalue weighted by Gasteiger charge is 2.31. The maximum atomic E-state index is 12.9. The Hall–Kier alpha value is -3.00. The summed E-state index contributed by atoms with van der Waals surface area (Å²) < 4.78 is 5.63. The number of hydrogen-bond donors (Lipinski definition) is 1. The number of carbonyl (C=O) groups excluding carboxylic acids is 1. The number of fused-ring (bicyclic) bond motifs is 4. The fraction of sp³-hybridized carbons (Fsp3) is 0.417. The molecule has 0 unspecified atom stereocenters. The topological polar surface area (TPSA) is 79.7 Å². The van der Waals surface area contributed by atoms with Crippen molar-refractivity contribution in [1.29, 1.82) is 0 Å². The van der Waals surface area contributed by atoms with Crippen molar-refractivity contribution < 1.29 is 9.53 Å². The molecule has 1 atom stereocenters. The van der Waals surface area contributed by atoms with E-state index in [0.29, 0.717) is 6.54 Å². The van der Waals surface area contributed by atoms with Crippen molar-refractivity contribution in [3.05, 3.63) is 40.0 Å². The van der Waals surface area contributed by atoms with Gasteiger partial charge in [-0.25, -0.2) is 9.97 Å². The largest absolute Gasteiger partial charge is 0.495 e. The standard InChI is InChI=1S/C24H27N5O2S/c1-13(2)29(3)24(30)14-5-6-17-20(9-14)32-23-21(17)22(26-12-27-23)28-18-7-15-10-25-11-16(15)8-19(18)31-4/h7-8,10,12-14H,5-6,9,11H2,1-4H3,(H,26,27,28)/t14-/m0/s1. The molecule has 166 valence electrons. The second-order valence-corrected chi connectivity index (χ2v) is 9.82. The highest BCUT2D eigenvalue weighted by Crippen LogP contribution is 2.42. The molecule has 1 N–H and O–H groups in total. The van der Waals surface area contributed by atoms with E-state index in [9.17, 15) is 4.79 Å². The van der Waals surface area contributed by atoms with Gasteiger partial charge in [0.25, 0.3) is 0 Å². The van der Waals surface area contributed by atoms with Gasteiger partial charge in [-0.05, 0) is 61.9 Å². The molecule has 0 fully saturated rings. The van der Waals surface area contributed by atoms with Crippen molar-refractivity contribution >= 4 is 45.2 Å². The average molecular weight is 450 g/mol. The Bertz CT molecular complexity index is 1230. The number of aromatic nitrogens is 2. The summed E-state index contributed by atoms with van der Waals surface area (Å²) in [4.78, 5) is 30.4. The summed E-state index contributed by atoms with van der Waals surface area (Å²) in [7, 11) is 3.58. The number of nitrogens with zero attached hydrogens (tertiary/aromatic N) is 4. The molecule has 0 radical (unpaired) electrons. The lowest BCUT2D eigenvalue weighted by Crippen LogP contribution is -2.39. The average Bonchev–Trinajstić information content (AvgIpc) is 3.40. The van der Waals surface area contributed by atoms with Crippen LogP contribution in [0.3, 0.4) is 0 Å². The van der Waals surface area contributed by atoms with Crippen molar-refractivity contribution in [2.45, 2.75) is 45.7 Å². The summed E-state index contributed by atoms with van der Waals surface area (Å²) in [5, 5.41) is 4.56. The van der Waals surface area contributed by atoms with Crippen LogP contribution in [0.5, 0.6) is 5.75 Å². The van der Waals surface area contributed by atoms with Crippen LogP contribution in [-0.4, -0.2) is 47.2 Å². The minimum Gasteiger partial charge on any atom is -0.495 e. The zero-order chi connectivity index (χ0) is 22.4. The molecule has 5 rings (SSSR count). The van der Waals surface area contributed by atoms with Crippen LogP contribution >= 0.6 is 11.3 Å². The van der Waals surface area contributed by atoms with Crippen molar-refractivity contribution in [2.75, 3.05) is 19.5 Å².